The number of nitrogens with two attached hydrogens (primary N) is 1. The molecule has 0 saturated carbocycles. The molecule has 1 atom stereocenters. The van der Waals surface area contributed by atoms with Crippen LogP contribution >= 0.6 is 0 Å². The van der Waals surface area contributed by atoms with E-state index in [9.17, 15) is 9.18 Å². The summed E-state index contributed by atoms with van der Waals surface area (Å²) in [5.41, 5.74) is 6.04. The van der Waals surface area contributed by atoms with Gasteiger partial charge in [-0.05, 0) is 23.6 Å². The Balaban J connectivity index is 2.77. The fourth-order valence-corrected chi connectivity index (χ4v) is 1.62. The van der Waals surface area contributed by atoms with Crippen molar-refractivity contribution >= 4 is 5.91 Å². The summed E-state index contributed by atoms with van der Waals surface area (Å²) < 4.78 is 12.8. The summed E-state index contributed by atoms with van der Waals surface area (Å²) in [6.45, 7) is 4.18. The molecule has 1 rings (SSSR count). The lowest BCUT2D eigenvalue weighted by atomic mass is 9.96. The first-order valence-electron chi connectivity index (χ1n) is 5.28. The van der Waals surface area contributed by atoms with E-state index >= 15 is 0 Å². The SMILES string of the molecule is CC(C)C(NCC(N)=O)c1ccc(F)cc1. The van der Waals surface area contributed by atoms with E-state index in [1.165, 1.54) is 12.1 Å². The highest BCUT2D eigenvalue weighted by Gasteiger charge is 2.15. The predicted molar refractivity (Wildman–Crippen MR) is 61.2 cm³/mol. The summed E-state index contributed by atoms with van der Waals surface area (Å²) in [5, 5.41) is 3.06. The second-order valence-electron chi connectivity index (χ2n) is 4.12. The van der Waals surface area contributed by atoms with Crippen molar-refractivity contribution in [2.75, 3.05) is 6.54 Å². The number of halogens is 1. The van der Waals surface area contributed by atoms with E-state index in [0.29, 0.717) is 5.92 Å². The van der Waals surface area contributed by atoms with Crippen molar-refractivity contribution in [2.24, 2.45) is 11.7 Å². The lowest BCUT2D eigenvalue weighted by Gasteiger charge is -2.22. The molecule has 0 radical (unpaired) electrons. The summed E-state index contributed by atoms with van der Waals surface area (Å²) in [5.74, 6) is -0.362. The quantitative estimate of drug-likeness (QED) is 0.798. The molecule has 1 unspecified atom stereocenters. The van der Waals surface area contributed by atoms with Crippen LogP contribution in [0.4, 0.5) is 4.39 Å². The fourth-order valence-electron chi connectivity index (χ4n) is 1.62. The molecule has 1 aromatic carbocycles. The summed E-state index contributed by atoms with van der Waals surface area (Å²) in [6.07, 6.45) is 0. The highest BCUT2D eigenvalue weighted by atomic mass is 19.1. The van der Waals surface area contributed by atoms with Gasteiger partial charge in [-0.3, -0.25) is 4.79 Å². The van der Waals surface area contributed by atoms with Gasteiger partial charge in [0.25, 0.3) is 0 Å². The average Bonchev–Trinajstić information content (AvgIpc) is 2.20. The molecule has 1 amide bonds. The number of rotatable bonds is 5. The van der Waals surface area contributed by atoms with Crippen molar-refractivity contribution in [3.8, 4) is 0 Å². The van der Waals surface area contributed by atoms with Crippen molar-refractivity contribution in [3.63, 3.8) is 0 Å². The van der Waals surface area contributed by atoms with E-state index in [1.54, 1.807) is 12.1 Å². The van der Waals surface area contributed by atoms with E-state index in [2.05, 4.69) is 5.32 Å². The minimum Gasteiger partial charge on any atom is -0.369 e. The van der Waals surface area contributed by atoms with Crippen LogP contribution in [-0.4, -0.2) is 12.5 Å². The van der Waals surface area contributed by atoms with Gasteiger partial charge in [0.1, 0.15) is 5.82 Å². The Morgan fingerprint density at radius 1 is 1.38 bits per heavy atom. The van der Waals surface area contributed by atoms with Gasteiger partial charge in [-0.1, -0.05) is 26.0 Å². The van der Waals surface area contributed by atoms with Gasteiger partial charge in [0, 0.05) is 6.04 Å². The van der Waals surface area contributed by atoms with Crippen molar-refractivity contribution in [3.05, 3.63) is 35.6 Å². The molecule has 0 spiro atoms. The molecule has 0 heterocycles. The normalized spacial score (nSPS) is 12.8. The molecule has 1 aromatic rings. The number of hydrogen-bond acceptors (Lipinski definition) is 2. The van der Waals surface area contributed by atoms with E-state index < -0.39 is 5.91 Å². The van der Waals surface area contributed by atoms with Gasteiger partial charge in [0.2, 0.25) is 5.91 Å². The van der Waals surface area contributed by atoms with E-state index in [4.69, 9.17) is 5.73 Å². The highest BCUT2D eigenvalue weighted by molar-refractivity contribution is 5.75. The smallest absolute Gasteiger partial charge is 0.231 e. The largest absolute Gasteiger partial charge is 0.369 e. The summed E-state index contributed by atoms with van der Waals surface area (Å²) in [6, 6.07) is 6.27. The van der Waals surface area contributed by atoms with Crippen LogP contribution in [-0.2, 0) is 4.79 Å². The first-order valence-corrected chi connectivity index (χ1v) is 5.28. The second-order valence-corrected chi connectivity index (χ2v) is 4.12. The average molecular weight is 224 g/mol. The fraction of sp³-hybridized carbons (Fsp3) is 0.417. The molecule has 0 fully saturated rings. The van der Waals surface area contributed by atoms with Crippen LogP contribution < -0.4 is 11.1 Å². The monoisotopic (exact) mass is 224 g/mol. The number of benzene rings is 1. The molecule has 4 heteroatoms. The van der Waals surface area contributed by atoms with Gasteiger partial charge in [-0.15, -0.1) is 0 Å². The summed E-state index contributed by atoms with van der Waals surface area (Å²) in [4.78, 5) is 10.7. The number of carbonyl (C=O) groups excluding carboxylic acids is 1. The third kappa shape index (κ3) is 3.62. The Hall–Kier alpha value is -1.42. The second kappa shape index (κ2) is 5.61. The molecule has 3 nitrogen and oxygen atoms in total. The van der Waals surface area contributed by atoms with Crippen LogP contribution in [0.1, 0.15) is 25.5 Å². The molecular formula is C12H17FN2O. The number of amides is 1. The van der Waals surface area contributed by atoms with Gasteiger partial charge in [-0.2, -0.15) is 0 Å². The van der Waals surface area contributed by atoms with E-state index in [1.807, 2.05) is 13.8 Å². The predicted octanol–water partition coefficient (Wildman–Crippen LogP) is 1.60. The van der Waals surface area contributed by atoms with Crippen LogP contribution in [0.2, 0.25) is 0 Å². The van der Waals surface area contributed by atoms with Crippen LogP contribution in [0.3, 0.4) is 0 Å². The highest BCUT2D eigenvalue weighted by Crippen LogP contribution is 2.21. The number of carbonyl (C=O) groups is 1. The molecule has 0 aliphatic rings. The molecule has 88 valence electrons. The van der Waals surface area contributed by atoms with E-state index in [0.717, 1.165) is 5.56 Å². The number of hydrogen-bond donors (Lipinski definition) is 2. The van der Waals surface area contributed by atoms with Crippen molar-refractivity contribution < 1.29 is 9.18 Å². The van der Waals surface area contributed by atoms with Gasteiger partial charge >= 0.3 is 0 Å². The zero-order chi connectivity index (χ0) is 12.1. The minimum absolute atomic E-state index is 0.00750. The van der Waals surface area contributed by atoms with Crippen molar-refractivity contribution in [2.45, 2.75) is 19.9 Å². The van der Waals surface area contributed by atoms with Gasteiger partial charge in [-0.25, -0.2) is 4.39 Å². The van der Waals surface area contributed by atoms with Gasteiger partial charge < -0.3 is 11.1 Å². The first-order chi connectivity index (χ1) is 7.50. The van der Waals surface area contributed by atoms with E-state index in [-0.39, 0.29) is 18.4 Å². The summed E-state index contributed by atoms with van der Waals surface area (Å²) in [7, 11) is 0. The maximum atomic E-state index is 12.8. The van der Waals surface area contributed by atoms with Crippen molar-refractivity contribution in [1.29, 1.82) is 0 Å². The molecule has 0 aromatic heterocycles. The Kier molecular flexibility index (Phi) is 4.43. The molecule has 3 N–H and O–H groups in total. The Morgan fingerprint density at radius 2 is 1.94 bits per heavy atom. The third-order valence-corrected chi connectivity index (χ3v) is 2.39. The zero-order valence-electron chi connectivity index (χ0n) is 9.53. The topological polar surface area (TPSA) is 55.1 Å². The maximum absolute atomic E-state index is 12.8. The standard InChI is InChI=1S/C12H17FN2O/c1-8(2)12(15-7-11(14)16)9-3-5-10(13)6-4-9/h3-6,8,12,15H,7H2,1-2H3,(H2,14,16). The van der Waals surface area contributed by atoms with Gasteiger partial charge in [0.05, 0.1) is 6.54 Å². The first kappa shape index (κ1) is 12.6. The Bertz CT molecular complexity index is 349. The van der Waals surface area contributed by atoms with Crippen LogP contribution in [0.15, 0.2) is 24.3 Å². The van der Waals surface area contributed by atoms with Crippen molar-refractivity contribution in [1.82, 2.24) is 5.32 Å². The number of nitrogens with one attached hydrogen (secondary N) is 1. The molecule has 0 bridgehead atoms. The summed E-state index contributed by atoms with van der Waals surface area (Å²) >= 11 is 0. The molecular weight excluding hydrogens is 207 g/mol. The third-order valence-electron chi connectivity index (χ3n) is 2.39. The Morgan fingerprint density at radius 3 is 2.38 bits per heavy atom. The molecule has 0 aliphatic carbocycles. The maximum Gasteiger partial charge on any atom is 0.231 e. The molecule has 16 heavy (non-hydrogen) atoms. The van der Waals surface area contributed by atoms with Crippen LogP contribution in [0, 0.1) is 11.7 Å². The lowest BCUT2D eigenvalue weighted by molar-refractivity contribution is -0.117. The molecule has 0 saturated heterocycles. The lowest BCUT2D eigenvalue weighted by Crippen LogP contribution is -2.34. The van der Waals surface area contributed by atoms with Crippen LogP contribution in [0.5, 0.6) is 0 Å². The minimum atomic E-state index is -0.396. The van der Waals surface area contributed by atoms with Crippen LogP contribution in [0.25, 0.3) is 0 Å². The number of primary amides is 1. The van der Waals surface area contributed by atoms with Gasteiger partial charge in [0.15, 0.2) is 0 Å². The zero-order valence-corrected chi connectivity index (χ0v) is 9.53. The molecule has 0 aliphatic heterocycles. The Labute approximate surface area is 94.8 Å².